The number of hydrogen-bond acceptors (Lipinski definition) is 0. The summed E-state index contributed by atoms with van der Waals surface area (Å²) in [6.45, 7) is 5.80. The molecule has 0 saturated carbocycles. The summed E-state index contributed by atoms with van der Waals surface area (Å²) in [6, 6.07) is 0. The minimum Gasteiger partial charge on any atom is -0.251 e. The van der Waals surface area contributed by atoms with Crippen LogP contribution in [0.3, 0.4) is 0 Å². The number of alkyl halides is 1. The Kier molecular flexibility index (Phi) is 2.97. The van der Waals surface area contributed by atoms with Gasteiger partial charge in [0.25, 0.3) is 0 Å². The molecule has 0 rings (SSSR count). The summed E-state index contributed by atoms with van der Waals surface area (Å²) < 4.78 is 11.6. The number of halogens is 1. The smallest absolute Gasteiger partial charge is 0.0922 e. The van der Waals surface area contributed by atoms with E-state index in [4.69, 9.17) is 0 Å². The zero-order valence-corrected chi connectivity index (χ0v) is 5.24. The molecule has 0 aromatic rings. The van der Waals surface area contributed by atoms with Crippen LogP contribution in [0.4, 0.5) is 4.39 Å². The number of rotatable bonds is 2. The van der Waals surface area contributed by atoms with E-state index in [1.54, 1.807) is 0 Å². The van der Waals surface area contributed by atoms with Crippen LogP contribution in [0.5, 0.6) is 0 Å². The van der Waals surface area contributed by atoms with Crippen molar-refractivity contribution >= 4 is 0 Å². The Hall–Kier alpha value is -0.0700. The lowest BCUT2D eigenvalue weighted by atomic mass is 10.0. The van der Waals surface area contributed by atoms with Crippen LogP contribution >= 0.6 is 0 Å². The van der Waals surface area contributed by atoms with Gasteiger partial charge in [0, 0.05) is 0 Å². The maximum Gasteiger partial charge on any atom is 0.0922 e. The Morgan fingerprint density at radius 2 is 1.71 bits per heavy atom. The fraction of sp³-hybridized carbons (Fsp3) is 1.00. The van der Waals surface area contributed by atoms with Crippen LogP contribution in [0.2, 0.25) is 0 Å². The first-order chi connectivity index (χ1) is 3.18. The maximum atomic E-state index is 11.6. The van der Waals surface area contributed by atoms with Crippen molar-refractivity contribution in [1.82, 2.24) is 0 Å². The Morgan fingerprint density at radius 1 is 1.29 bits per heavy atom. The molecule has 0 heterocycles. The van der Waals surface area contributed by atoms with Gasteiger partial charge in [0.05, 0.1) is 6.67 Å². The molecular weight excluding hydrogens is 91.1 g/mol. The molecule has 0 aromatic carbocycles. The zero-order valence-electron chi connectivity index (χ0n) is 5.24. The fourth-order valence-electron chi connectivity index (χ4n) is 0.178. The van der Waals surface area contributed by atoms with Gasteiger partial charge in [0.2, 0.25) is 0 Å². The quantitative estimate of drug-likeness (QED) is 0.504. The summed E-state index contributed by atoms with van der Waals surface area (Å²) in [5.74, 6) is 0.727. The second kappa shape index (κ2) is 3.00. The van der Waals surface area contributed by atoms with E-state index in [2.05, 4.69) is 0 Å². The minimum atomic E-state index is -0.183. The van der Waals surface area contributed by atoms with E-state index in [0.717, 1.165) is 0 Å². The van der Waals surface area contributed by atoms with Crippen LogP contribution in [-0.4, -0.2) is 6.67 Å². The Balaban J connectivity index is 3.14. The minimum absolute atomic E-state index is 0.183. The second-order valence-electron chi connectivity index (χ2n) is 2.38. The van der Waals surface area contributed by atoms with Gasteiger partial charge in [-0.3, -0.25) is 4.39 Å². The molecule has 0 fully saturated rings. The van der Waals surface area contributed by atoms with Gasteiger partial charge in [-0.05, 0) is 11.8 Å². The van der Waals surface area contributed by atoms with Crippen molar-refractivity contribution in [3.63, 3.8) is 0 Å². The van der Waals surface area contributed by atoms with Gasteiger partial charge in [-0.15, -0.1) is 0 Å². The van der Waals surface area contributed by atoms with Crippen LogP contribution in [0, 0.1) is 11.8 Å². The Bertz CT molecular complexity index is 41.4. The van der Waals surface area contributed by atoms with Crippen LogP contribution in [0.25, 0.3) is 0 Å². The van der Waals surface area contributed by atoms with Gasteiger partial charge >= 0.3 is 0 Å². The first-order valence-corrected chi connectivity index (χ1v) is 2.74. The molecule has 0 saturated heterocycles. The molecule has 1 atom stereocenters. The lowest BCUT2D eigenvalue weighted by molar-refractivity contribution is 0.311. The molecular formula is C6H13F. The molecule has 0 N–H and O–H groups in total. The average molecular weight is 104 g/mol. The third kappa shape index (κ3) is 2.60. The highest BCUT2D eigenvalue weighted by atomic mass is 19.1. The van der Waals surface area contributed by atoms with Crippen molar-refractivity contribution in [3.8, 4) is 0 Å². The van der Waals surface area contributed by atoms with Gasteiger partial charge in [0.1, 0.15) is 0 Å². The highest BCUT2D eigenvalue weighted by molar-refractivity contribution is 4.52. The highest BCUT2D eigenvalue weighted by Crippen LogP contribution is 2.08. The molecule has 0 aliphatic rings. The topological polar surface area (TPSA) is 0 Å². The Labute approximate surface area is 44.7 Å². The number of hydrogen-bond donors (Lipinski definition) is 0. The van der Waals surface area contributed by atoms with Crippen LogP contribution in [0.15, 0.2) is 0 Å². The molecule has 44 valence electrons. The first-order valence-electron chi connectivity index (χ1n) is 2.74. The molecule has 7 heavy (non-hydrogen) atoms. The van der Waals surface area contributed by atoms with E-state index < -0.39 is 0 Å². The van der Waals surface area contributed by atoms with Gasteiger partial charge in [0.15, 0.2) is 0 Å². The Morgan fingerprint density at radius 3 is 1.71 bits per heavy atom. The molecule has 1 heteroatoms. The van der Waals surface area contributed by atoms with Crippen molar-refractivity contribution in [3.05, 3.63) is 0 Å². The molecule has 0 unspecified atom stereocenters. The SMILES string of the molecule is CC(C)[C@@H](C)CF. The third-order valence-electron chi connectivity index (χ3n) is 1.38. The van der Waals surface area contributed by atoms with E-state index in [-0.39, 0.29) is 12.6 Å². The van der Waals surface area contributed by atoms with Gasteiger partial charge in [-0.1, -0.05) is 20.8 Å². The molecule has 0 aliphatic carbocycles. The molecule has 0 radical (unpaired) electrons. The lowest BCUT2D eigenvalue weighted by Gasteiger charge is -2.08. The molecule has 0 nitrogen and oxygen atoms in total. The van der Waals surface area contributed by atoms with Crippen molar-refractivity contribution in [2.75, 3.05) is 6.67 Å². The standard InChI is InChI=1S/C6H13F/c1-5(2)6(3)4-7/h5-6H,4H2,1-3H3/t6-/m0/s1. The summed E-state index contributed by atoms with van der Waals surface area (Å²) >= 11 is 0. The van der Waals surface area contributed by atoms with Crippen molar-refractivity contribution < 1.29 is 4.39 Å². The predicted molar refractivity (Wildman–Crippen MR) is 30.0 cm³/mol. The highest BCUT2D eigenvalue weighted by Gasteiger charge is 2.03. The normalized spacial score (nSPS) is 15.0. The average Bonchev–Trinajstić information content (AvgIpc) is 1.65. The summed E-state index contributed by atoms with van der Waals surface area (Å²) in [5, 5.41) is 0. The molecule has 0 spiro atoms. The van der Waals surface area contributed by atoms with Gasteiger partial charge in [-0.2, -0.15) is 0 Å². The summed E-state index contributed by atoms with van der Waals surface area (Å²) in [5.41, 5.74) is 0. The molecule has 0 amide bonds. The third-order valence-corrected chi connectivity index (χ3v) is 1.38. The van der Waals surface area contributed by atoms with E-state index >= 15 is 0 Å². The summed E-state index contributed by atoms with van der Waals surface area (Å²) in [6.07, 6.45) is 0. The van der Waals surface area contributed by atoms with Crippen molar-refractivity contribution in [1.29, 1.82) is 0 Å². The monoisotopic (exact) mass is 104 g/mol. The van der Waals surface area contributed by atoms with Gasteiger partial charge in [-0.25, -0.2) is 0 Å². The van der Waals surface area contributed by atoms with Crippen molar-refractivity contribution in [2.45, 2.75) is 20.8 Å². The van der Waals surface area contributed by atoms with E-state index in [0.29, 0.717) is 5.92 Å². The summed E-state index contributed by atoms with van der Waals surface area (Å²) in [4.78, 5) is 0. The predicted octanol–water partition coefficient (Wildman–Crippen LogP) is 2.25. The first kappa shape index (κ1) is 6.93. The largest absolute Gasteiger partial charge is 0.251 e. The van der Waals surface area contributed by atoms with Gasteiger partial charge < -0.3 is 0 Å². The van der Waals surface area contributed by atoms with Crippen LogP contribution in [-0.2, 0) is 0 Å². The molecule has 0 aromatic heterocycles. The van der Waals surface area contributed by atoms with Crippen LogP contribution < -0.4 is 0 Å². The fourth-order valence-corrected chi connectivity index (χ4v) is 0.178. The second-order valence-corrected chi connectivity index (χ2v) is 2.38. The lowest BCUT2D eigenvalue weighted by Crippen LogP contribution is -2.04. The zero-order chi connectivity index (χ0) is 5.86. The van der Waals surface area contributed by atoms with Crippen LogP contribution in [0.1, 0.15) is 20.8 Å². The molecule has 0 bridgehead atoms. The van der Waals surface area contributed by atoms with Crippen molar-refractivity contribution in [2.24, 2.45) is 11.8 Å². The maximum absolute atomic E-state index is 11.6. The van der Waals surface area contributed by atoms with E-state index in [9.17, 15) is 4.39 Å². The summed E-state index contributed by atoms with van der Waals surface area (Å²) in [7, 11) is 0. The van der Waals surface area contributed by atoms with E-state index in [1.807, 2.05) is 20.8 Å². The molecule has 0 aliphatic heterocycles. The van der Waals surface area contributed by atoms with E-state index in [1.165, 1.54) is 0 Å².